The maximum absolute atomic E-state index is 13.7. The summed E-state index contributed by atoms with van der Waals surface area (Å²) in [4.78, 5) is 24.3. The highest BCUT2D eigenvalue weighted by atomic mass is 79.9. The summed E-state index contributed by atoms with van der Waals surface area (Å²) in [6.45, 7) is 0.941. The fraction of sp³-hybridized carbons (Fsp3) is 0.467. The van der Waals surface area contributed by atoms with Crippen LogP contribution in [0.3, 0.4) is 0 Å². The van der Waals surface area contributed by atoms with Crippen molar-refractivity contribution in [3.8, 4) is 0 Å². The minimum absolute atomic E-state index is 0.0294. The van der Waals surface area contributed by atoms with Crippen LogP contribution in [0.4, 0.5) is 9.18 Å². The molecule has 1 saturated heterocycles. The molecular weight excluding hydrogens is 355 g/mol. The number of hydrogen-bond donors (Lipinski definition) is 2. The lowest BCUT2D eigenvalue weighted by molar-refractivity contribution is -0.137. The maximum Gasteiger partial charge on any atom is 0.317 e. The molecule has 1 aliphatic rings. The van der Waals surface area contributed by atoms with Gasteiger partial charge in [0.2, 0.25) is 0 Å². The third-order valence-electron chi connectivity index (χ3n) is 3.69. The van der Waals surface area contributed by atoms with Crippen molar-refractivity contribution in [2.45, 2.75) is 31.7 Å². The number of rotatable bonds is 5. The Labute approximate surface area is 136 Å². The maximum atomic E-state index is 13.7. The van der Waals surface area contributed by atoms with Crippen molar-refractivity contribution in [1.82, 2.24) is 10.2 Å². The van der Waals surface area contributed by atoms with Gasteiger partial charge >= 0.3 is 12.0 Å². The highest BCUT2D eigenvalue weighted by Gasteiger charge is 2.30. The van der Waals surface area contributed by atoms with Crippen LogP contribution in [0.5, 0.6) is 0 Å². The number of carboxylic acid groups (broad SMARTS) is 1. The van der Waals surface area contributed by atoms with Crippen LogP contribution in [0.2, 0.25) is 0 Å². The number of nitrogens with zero attached hydrogens (tertiary/aromatic N) is 1. The third kappa shape index (κ3) is 4.19. The van der Waals surface area contributed by atoms with Crippen molar-refractivity contribution >= 4 is 27.9 Å². The van der Waals surface area contributed by atoms with Gasteiger partial charge in [-0.15, -0.1) is 0 Å². The molecule has 1 fully saturated rings. The van der Waals surface area contributed by atoms with E-state index in [2.05, 4.69) is 21.2 Å². The van der Waals surface area contributed by atoms with Crippen LogP contribution in [0.1, 0.15) is 37.3 Å². The lowest BCUT2D eigenvalue weighted by Crippen LogP contribution is -2.40. The molecule has 1 aliphatic heterocycles. The monoisotopic (exact) mass is 372 g/mol. The average Bonchev–Trinajstić information content (AvgIpc) is 2.95. The first-order chi connectivity index (χ1) is 10.5. The van der Waals surface area contributed by atoms with Crippen LogP contribution >= 0.6 is 15.9 Å². The fourth-order valence-electron chi connectivity index (χ4n) is 2.61. The number of amides is 2. The van der Waals surface area contributed by atoms with Crippen LogP contribution in [-0.2, 0) is 4.79 Å². The normalized spacial score (nSPS) is 17.5. The molecule has 22 heavy (non-hydrogen) atoms. The number of urea groups is 1. The van der Waals surface area contributed by atoms with E-state index in [9.17, 15) is 14.0 Å². The van der Waals surface area contributed by atoms with Crippen molar-refractivity contribution in [2.24, 2.45) is 0 Å². The van der Waals surface area contributed by atoms with Gasteiger partial charge in [-0.05, 0) is 52.9 Å². The van der Waals surface area contributed by atoms with Crippen LogP contribution in [-0.4, -0.2) is 35.1 Å². The van der Waals surface area contributed by atoms with E-state index in [1.807, 2.05) is 6.07 Å². The van der Waals surface area contributed by atoms with Gasteiger partial charge in [0.05, 0.1) is 10.5 Å². The van der Waals surface area contributed by atoms with Gasteiger partial charge in [-0.2, -0.15) is 0 Å². The van der Waals surface area contributed by atoms with E-state index in [0.29, 0.717) is 24.0 Å². The highest BCUT2D eigenvalue weighted by molar-refractivity contribution is 9.10. The number of hydrogen-bond acceptors (Lipinski definition) is 2. The van der Waals surface area contributed by atoms with Crippen molar-refractivity contribution in [3.63, 3.8) is 0 Å². The zero-order valence-corrected chi connectivity index (χ0v) is 13.6. The number of aliphatic carboxylic acids is 1. The number of nitrogens with one attached hydrogen (secondary N) is 1. The van der Waals surface area contributed by atoms with Gasteiger partial charge in [0, 0.05) is 19.5 Å². The summed E-state index contributed by atoms with van der Waals surface area (Å²) in [5.74, 6) is -1.22. The zero-order valence-electron chi connectivity index (χ0n) is 12.0. The molecule has 5 nitrogen and oxygen atoms in total. The smallest absolute Gasteiger partial charge is 0.317 e. The van der Waals surface area contributed by atoms with Crippen LogP contribution in [0, 0.1) is 5.82 Å². The summed E-state index contributed by atoms with van der Waals surface area (Å²) in [6.07, 6.45) is 2.09. The largest absolute Gasteiger partial charge is 0.481 e. The number of likely N-dealkylation sites (tertiary alicyclic amines) is 1. The predicted octanol–water partition coefficient (Wildman–Crippen LogP) is 3.30. The molecule has 1 heterocycles. The van der Waals surface area contributed by atoms with E-state index >= 15 is 0 Å². The lowest BCUT2D eigenvalue weighted by atomic mass is 10.0. The zero-order chi connectivity index (χ0) is 16.1. The second kappa shape index (κ2) is 7.58. The van der Waals surface area contributed by atoms with Gasteiger partial charge in [0.25, 0.3) is 0 Å². The Bertz CT molecular complexity index is 568. The van der Waals surface area contributed by atoms with E-state index in [1.165, 1.54) is 6.07 Å². The number of carboxylic acids is 1. The standard InChI is InChI=1S/C15H18BrFN2O3/c16-11-6-5-10(9-12(11)17)13-3-2-8-19(13)15(22)18-7-1-4-14(20)21/h5-6,9,13H,1-4,7-8H2,(H,18,22)(H,20,21). The molecule has 0 aromatic heterocycles. The lowest BCUT2D eigenvalue weighted by Gasteiger charge is -2.25. The van der Waals surface area contributed by atoms with E-state index in [1.54, 1.807) is 11.0 Å². The van der Waals surface area contributed by atoms with Gasteiger partial charge in [-0.25, -0.2) is 9.18 Å². The minimum Gasteiger partial charge on any atom is -0.481 e. The Morgan fingerprint density at radius 2 is 2.23 bits per heavy atom. The van der Waals surface area contributed by atoms with E-state index in [4.69, 9.17) is 5.11 Å². The van der Waals surface area contributed by atoms with Gasteiger partial charge in [-0.1, -0.05) is 6.07 Å². The van der Waals surface area contributed by atoms with Crippen LogP contribution in [0.15, 0.2) is 22.7 Å². The molecule has 1 unspecified atom stereocenters. The Balaban J connectivity index is 1.96. The predicted molar refractivity (Wildman–Crippen MR) is 83.0 cm³/mol. The summed E-state index contributed by atoms with van der Waals surface area (Å²) < 4.78 is 14.1. The Morgan fingerprint density at radius 1 is 1.45 bits per heavy atom. The van der Waals surface area contributed by atoms with Gasteiger partial charge < -0.3 is 15.3 Å². The Hall–Kier alpha value is -1.63. The second-order valence-corrected chi connectivity index (χ2v) is 6.11. The molecule has 1 aromatic rings. The van der Waals surface area contributed by atoms with Crippen molar-refractivity contribution in [1.29, 1.82) is 0 Å². The molecule has 120 valence electrons. The summed E-state index contributed by atoms with van der Waals surface area (Å²) in [5, 5.41) is 11.3. The molecule has 0 spiro atoms. The molecule has 2 N–H and O–H groups in total. The molecule has 7 heteroatoms. The number of carbonyl (C=O) groups is 2. The van der Waals surface area contributed by atoms with Crippen molar-refractivity contribution < 1.29 is 19.1 Å². The number of carbonyl (C=O) groups excluding carboxylic acids is 1. The molecule has 0 bridgehead atoms. The van der Waals surface area contributed by atoms with Gasteiger partial charge in [-0.3, -0.25) is 4.79 Å². The van der Waals surface area contributed by atoms with E-state index < -0.39 is 5.97 Å². The average molecular weight is 373 g/mol. The summed E-state index contributed by atoms with van der Waals surface area (Å²) in [6, 6.07) is 4.54. The molecule has 0 aliphatic carbocycles. The molecule has 0 saturated carbocycles. The number of benzene rings is 1. The first-order valence-electron chi connectivity index (χ1n) is 7.20. The first kappa shape index (κ1) is 16.7. The fourth-order valence-corrected chi connectivity index (χ4v) is 2.86. The third-order valence-corrected chi connectivity index (χ3v) is 4.33. The molecular formula is C15H18BrFN2O3. The van der Waals surface area contributed by atoms with Crippen LogP contribution in [0.25, 0.3) is 0 Å². The van der Waals surface area contributed by atoms with E-state index in [-0.39, 0.29) is 24.3 Å². The minimum atomic E-state index is -0.876. The Kier molecular flexibility index (Phi) is 5.76. The van der Waals surface area contributed by atoms with E-state index in [0.717, 1.165) is 18.4 Å². The summed E-state index contributed by atoms with van der Waals surface area (Å²) in [5.41, 5.74) is 0.777. The molecule has 0 radical (unpaired) electrons. The van der Waals surface area contributed by atoms with Gasteiger partial charge in [0.15, 0.2) is 0 Å². The second-order valence-electron chi connectivity index (χ2n) is 5.25. The molecule has 2 rings (SSSR count). The molecule has 1 aromatic carbocycles. The Morgan fingerprint density at radius 3 is 2.91 bits per heavy atom. The first-order valence-corrected chi connectivity index (χ1v) is 7.99. The SMILES string of the molecule is O=C(O)CCCNC(=O)N1CCCC1c1ccc(Br)c(F)c1. The number of halogens is 2. The highest BCUT2D eigenvalue weighted by Crippen LogP contribution is 2.33. The topological polar surface area (TPSA) is 69.6 Å². The molecule has 2 amide bonds. The quantitative estimate of drug-likeness (QED) is 0.779. The van der Waals surface area contributed by atoms with Crippen LogP contribution < -0.4 is 5.32 Å². The summed E-state index contributed by atoms with van der Waals surface area (Å²) in [7, 11) is 0. The van der Waals surface area contributed by atoms with Crippen molar-refractivity contribution in [2.75, 3.05) is 13.1 Å². The van der Waals surface area contributed by atoms with Crippen molar-refractivity contribution in [3.05, 3.63) is 34.1 Å². The molecule has 1 atom stereocenters. The summed E-state index contributed by atoms with van der Waals surface area (Å²) >= 11 is 3.12. The van der Waals surface area contributed by atoms with Gasteiger partial charge in [0.1, 0.15) is 5.82 Å².